The number of ether oxygens (including phenoxy) is 2. The van der Waals surface area contributed by atoms with Crippen LogP contribution in [0.4, 0.5) is 5.69 Å². The molecule has 0 unspecified atom stereocenters. The number of carbonyl (C=O) groups is 2. The molecule has 1 aromatic heterocycles. The number of hydrogen-bond donors (Lipinski definition) is 1. The first-order valence-electron chi connectivity index (χ1n) is 9.13. The van der Waals surface area contributed by atoms with E-state index >= 15 is 0 Å². The summed E-state index contributed by atoms with van der Waals surface area (Å²) in [4.78, 5) is 40.7. The van der Waals surface area contributed by atoms with Crippen LogP contribution in [-0.4, -0.2) is 35.1 Å². The van der Waals surface area contributed by atoms with Crippen LogP contribution in [0.2, 0.25) is 5.02 Å². The van der Waals surface area contributed by atoms with E-state index in [1.807, 2.05) is 0 Å². The van der Waals surface area contributed by atoms with Crippen molar-refractivity contribution in [2.24, 2.45) is 0 Å². The Hall–Kier alpha value is -3.39. The van der Waals surface area contributed by atoms with E-state index in [0.29, 0.717) is 27.4 Å². The van der Waals surface area contributed by atoms with Crippen molar-refractivity contribution in [2.75, 3.05) is 19.0 Å². The number of carbonyl (C=O) groups excluding carboxylic acids is 2. The molecule has 9 heteroatoms. The van der Waals surface area contributed by atoms with Crippen molar-refractivity contribution in [2.45, 2.75) is 19.9 Å². The molecule has 0 bridgehead atoms. The SMILES string of the molecule is COc1cc(Cl)c(C)cc1NC(=O)COC(=O)CCn1cnc2ccccc2c1=O. The number of hydrogen-bond acceptors (Lipinski definition) is 6. The summed E-state index contributed by atoms with van der Waals surface area (Å²) < 4.78 is 11.5. The minimum absolute atomic E-state index is 0.0728. The van der Waals surface area contributed by atoms with Crippen molar-refractivity contribution in [3.05, 3.63) is 63.7 Å². The first-order chi connectivity index (χ1) is 14.4. The summed E-state index contributed by atoms with van der Waals surface area (Å²) in [5.74, 6) is -0.731. The van der Waals surface area contributed by atoms with Crippen molar-refractivity contribution >= 4 is 40.1 Å². The molecule has 2 aromatic carbocycles. The molecule has 1 N–H and O–H groups in total. The van der Waals surface area contributed by atoms with Gasteiger partial charge in [0.05, 0.1) is 36.4 Å². The number of esters is 1. The lowest BCUT2D eigenvalue weighted by molar-refractivity contribution is -0.147. The minimum Gasteiger partial charge on any atom is -0.495 e. The van der Waals surface area contributed by atoms with Crippen LogP contribution < -0.4 is 15.6 Å². The number of halogens is 1. The zero-order valence-electron chi connectivity index (χ0n) is 16.5. The highest BCUT2D eigenvalue weighted by Gasteiger charge is 2.13. The van der Waals surface area contributed by atoms with Crippen molar-refractivity contribution in [1.82, 2.24) is 9.55 Å². The summed E-state index contributed by atoms with van der Waals surface area (Å²) in [5.41, 5.74) is 1.54. The molecule has 8 nitrogen and oxygen atoms in total. The summed E-state index contributed by atoms with van der Waals surface area (Å²) >= 11 is 6.04. The van der Waals surface area contributed by atoms with Crippen LogP contribution in [0, 0.1) is 6.92 Å². The van der Waals surface area contributed by atoms with Crippen molar-refractivity contribution in [3.8, 4) is 5.75 Å². The zero-order valence-corrected chi connectivity index (χ0v) is 17.2. The maximum absolute atomic E-state index is 12.4. The van der Waals surface area contributed by atoms with Gasteiger partial charge in [-0.1, -0.05) is 23.7 Å². The zero-order chi connectivity index (χ0) is 21.7. The van der Waals surface area contributed by atoms with Crippen LogP contribution >= 0.6 is 11.6 Å². The van der Waals surface area contributed by atoms with Crippen molar-refractivity contribution in [1.29, 1.82) is 0 Å². The Morgan fingerprint density at radius 2 is 2.00 bits per heavy atom. The van der Waals surface area contributed by atoms with Crippen LogP contribution in [-0.2, 0) is 20.9 Å². The molecule has 3 rings (SSSR count). The van der Waals surface area contributed by atoms with Crippen LogP contribution in [0.25, 0.3) is 10.9 Å². The van der Waals surface area contributed by atoms with E-state index in [-0.39, 0.29) is 18.5 Å². The topological polar surface area (TPSA) is 99.5 Å². The quantitative estimate of drug-likeness (QED) is 0.580. The molecule has 1 heterocycles. The maximum Gasteiger partial charge on any atom is 0.308 e. The first kappa shape index (κ1) is 21.3. The van der Waals surface area contributed by atoms with E-state index in [9.17, 15) is 14.4 Å². The minimum atomic E-state index is -0.607. The molecule has 0 saturated heterocycles. The highest BCUT2D eigenvalue weighted by Crippen LogP contribution is 2.30. The van der Waals surface area contributed by atoms with Gasteiger partial charge in [-0.25, -0.2) is 4.98 Å². The number of methoxy groups -OCH3 is 1. The Balaban J connectivity index is 1.54. The summed E-state index contributed by atoms with van der Waals surface area (Å²) in [5, 5.41) is 3.60. The van der Waals surface area contributed by atoms with E-state index in [4.69, 9.17) is 21.1 Å². The van der Waals surface area contributed by atoms with Crippen molar-refractivity contribution < 1.29 is 19.1 Å². The van der Waals surface area contributed by atoms with E-state index < -0.39 is 18.5 Å². The molecule has 1 amide bonds. The van der Waals surface area contributed by atoms with Crippen molar-refractivity contribution in [3.63, 3.8) is 0 Å². The first-order valence-corrected chi connectivity index (χ1v) is 9.50. The molecule has 30 heavy (non-hydrogen) atoms. The molecule has 156 valence electrons. The van der Waals surface area contributed by atoms with E-state index in [1.165, 1.54) is 18.0 Å². The molecule has 3 aromatic rings. The molecule has 0 aliphatic heterocycles. The maximum atomic E-state index is 12.4. The number of benzene rings is 2. The van der Waals surface area contributed by atoms with E-state index in [1.54, 1.807) is 43.3 Å². The summed E-state index contributed by atoms with van der Waals surface area (Å²) in [6.07, 6.45) is 1.32. The second-order valence-electron chi connectivity index (χ2n) is 6.52. The number of nitrogens with zero attached hydrogens (tertiary/aromatic N) is 2. The molecular formula is C21H20ClN3O5. The Bertz CT molecular complexity index is 1160. The molecule has 0 radical (unpaired) electrons. The Morgan fingerprint density at radius 3 is 2.77 bits per heavy atom. The highest BCUT2D eigenvalue weighted by molar-refractivity contribution is 6.31. The smallest absolute Gasteiger partial charge is 0.308 e. The van der Waals surface area contributed by atoms with Gasteiger partial charge in [0.2, 0.25) is 0 Å². The number of aromatic nitrogens is 2. The number of nitrogens with one attached hydrogen (secondary N) is 1. The molecule has 0 spiro atoms. The second kappa shape index (κ2) is 9.41. The number of para-hydroxylation sites is 1. The predicted molar refractivity (Wildman–Crippen MR) is 113 cm³/mol. The lowest BCUT2D eigenvalue weighted by atomic mass is 10.2. The Labute approximate surface area is 177 Å². The third kappa shape index (κ3) is 4.96. The number of aryl methyl sites for hydroxylation is 2. The predicted octanol–water partition coefficient (Wildman–Crippen LogP) is 2.94. The summed E-state index contributed by atoms with van der Waals surface area (Å²) in [7, 11) is 1.46. The Morgan fingerprint density at radius 1 is 1.23 bits per heavy atom. The molecule has 0 saturated carbocycles. The number of rotatable bonds is 7. The fourth-order valence-corrected chi connectivity index (χ4v) is 2.97. The monoisotopic (exact) mass is 429 g/mol. The van der Waals surface area contributed by atoms with Gasteiger partial charge in [-0.15, -0.1) is 0 Å². The van der Waals surface area contributed by atoms with Gasteiger partial charge >= 0.3 is 5.97 Å². The van der Waals surface area contributed by atoms with E-state index in [0.717, 1.165) is 5.56 Å². The van der Waals surface area contributed by atoms with Gasteiger partial charge in [0.1, 0.15) is 5.75 Å². The van der Waals surface area contributed by atoms with Gasteiger partial charge in [0, 0.05) is 17.6 Å². The lowest BCUT2D eigenvalue weighted by Crippen LogP contribution is -2.24. The standard InChI is InChI=1S/C21H20ClN3O5/c1-13-9-17(18(29-2)10-15(13)22)24-19(26)11-30-20(27)7-8-25-12-23-16-6-4-3-5-14(16)21(25)28/h3-6,9-10,12H,7-8,11H2,1-2H3,(H,24,26). The summed E-state index contributed by atoms with van der Waals surface area (Å²) in [6, 6.07) is 10.2. The van der Waals surface area contributed by atoms with Gasteiger partial charge in [-0.2, -0.15) is 0 Å². The van der Waals surface area contributed by atoms with Gasteiger partial charge in [0.15, 0.2) is 6.61 Å². The third-order valence-electron chi connectivity index (χ3n) is 4.41. The number of amides is 1. The van der Waals surface area contributed by atoms with E-state index in [2.05, 4.69) is 10.3 Å². The molecule has 0 aliphatic rings. The average molecular weight is 430 g/mol. The normalized spacial score (nSPS) is 10.6. The highest BCUT2D eigenvalue weighted by atomic mass is 35.5. The third-order valence-corrected chi connectivity index (χ3v) is 4.81. The van der Waals surface area contributed by atoms with Gasteiger partial charge in [-0.05, 0) is 30.7 Å². The second-order valence-corrected chi connectivity index (χ2v) is 6.93. The number of fused-ring (bicyclic) bond motifs is 1. The Kier molecular flexibility index (Phi) is 6.68. The summed E-state index contributed by atoms with van der Waals surface area (Å²) in [6.45, 7) is 1.43. The van der Waals surface area contributed by atoms with Crippen LogP contribution in [0.3, 0.4) is 0 Å². The van der Waals surface area contributed by atoms with Gasteiger partial charge in [-0.3, -0.25) is 19.0 Å². The molecular weight excluding hydrogens is 410 g/mol. The molecule has 0 atom stereocenters. The largest absolute Gasteiger partial charge is 0.495 e. The van der Waals surface area contributed by atoms with Crippen LogP contribution in [0.1, 0.15) is 12.0 Å². The lowest BCUT2D eigenvalue weighted by Gasteiger charge is -2.12. The fraction of sp³-hybridized carbons (Fsp3) is 0.238. The fourth-order valence-electron chi connectivity index (χ4n) is 2.81. The van der Waals surface area contributed by atoms with Crippen LogP contribution in [0.15, 0.2) is 47.5 Å². The van der Waals surface area contributed by atoms with Gasteiger partial charge < -0.3 is 14.8 Å². The van der Waals surface area contributed by atoms with Gasteiger partial charge in [0.25, 0.3) is 11.5 Å². The molecule has 0 fully saturated rings. The number of anilines is 1. The molecule has 0 aliphatic carbocycles. The average Bonchev–Trinajstić information content (AvgIpc) is 2.74. The van der Waals surface area contributed by atoms with Crippen LogP contribution in [0.5, 0.6) is 5.75 Å².